The zero-order valence-electron chi connectivity index (χ0n) is 14.1. The normalized spacial score (nSPS) is 22.8. The molecule has 0 spiro atoms. The van der Waals surface area contributed by atoms with Crippen molar-refractivity contribution in [3.8, 4) is 5.75 Å². The van der Waals surface area contributed by atoms with Gasteiger partial charge in [-0.2, -0.15) is 0 Å². The molecule has 4 rings (SSSR count). The van der Waals surface area contributed by atoms with E-state index in [2.05, 4.69) is 4.90 Å². The summed E-state index contributed by atoms with van der Waals surface area (Å²) in [5.41, 5.74) is 1.58. The van der Waals surface area contributed by atoms with E-state index in [1.807, 2.05) is 12.1 Å². The minimum atomic E-state index is -0.267. The number of hydrogen-bond donors (Lipinski definition) is 0. The third-order valence-corrected chi connectivity index (χ3v) is 5.99. The first-order valence-corrected chi connectivity index (χ1v) is 9.52. The summed E-state index contributed by atoms with van der Waals surface area (Å²) in [6, 6.07) is 10.7. The molecule has 2 atom stereocenters. The first-order chi connectivity index (χ1) is 12.5. The third-order valence-electron chi connectivity index (χ3n) is 5.02. The Kier molecular flexibility index (Phi) is 4.78. The standard InChI is InChI=1S/C19H17Cl3N2O2/c1-26-17-7-5-12(20)10-16(17)24-18(11-4-6-13(21)14(22)9-11)23-8-2-3-15(23)19(24)25/h4-7,9-10,15,18H,2-3,8H2,1H3. The fourth-order valence-corrected chi connectivity index (χ4v) is 4.36. The maximum Gasteiger partial charge on any atom is 0.246 e. The van der Waals surface area contributed by atoms with Gasteiger partial charge in [0.25, 0.3) is 0 Å². The molecule has 0 radical (unpaired) electrons. The van der Waals surface area contributed by atoms with Gasteiger partial charge in [-0.15, -0.1) is 0 Å². The lowest BCUT2D eigenvalue weighted by Crippen LogP contribution is -2.32. The van der Waals surface area contributed by atoms with E-state index in [0.29, 0.717) is 26.5 Å². The number of methoxy groups -OCH3 is 1. The SMILES string of the molecule is COc1ccc(Cl)cc1N1C(=O)C2CCCN2C1c1ccc(Cl)c(Cl)c1. The predicted octanol–water partition coefficient (Wildman–Crippen LogP) is 5.17. The quantitative estimate of drug-likeness (QED) is 0.699. The van der Waals surface area contributed by atoms with E-state index in [0.717, 1.165) is 24.9 Å². The van der Waals surface area contributed by atoms with Crippen LogP contribution in [-0.4, -0.2) is 30.5 Å². The number of halogens is 3. The van der Waals surface area contributed by atoms with E-state index in [-0.39, 0.29) is 18.1 Å². The topological polar surface area (TPSA) is 32.8 Å². The molecule has 2 aliphatic rings. The largest absolute Gasteiger partial charge is 0.495 e. The van der Waals surface area contributed by atoms with Crippen LogP contribution >= 0.6 is 34.8 Å². The number of nitrogens with zero attached hydrogens (tertiary/aromatic N) is 2. The van der Waals surface area contributed by atoms with Gasteiger partial charge in [0.1, 0.15) is 11.9 Å². The van der Waals surface area contributed by atoms with Crippen LogP contribution in [0.3, 0.4) is 0 Å². The Balaban J connectivity index is 1.87. The van der Waals surface area contributed by atoms with Gasteiger partial charge in [0.15, 0.2) is 0 Å². The number of carbonyl (C=O) groups is 1. The van der Waals surface area contributed by atoms with E-state index >= 15 is 0 Å². The van der Waals surface area contributed by atoms with E-state index in [1.165, 1.54) is 0 Å². The van der Waals surface area contributed by atoms with E-state index in [4.69, 9.17) is 39.5 Å². The maximum absolute atomic E-state index is 13.2. The minimum Gasteiger partial charge on any atom is -0.495 e. The van der Waals surface area contributed by atoms with Gasteiger partial charge < -0.3 is 4.74 Å². The number of fused-ring (bicyclic) bond motifs is 1. The summed E-state index contributed by atoms with van der Waals surface area (Å²) in [5.74, 6) is 0.660. The molecule has 136 valence electrons. The molecule has 7 heteroatoms. The molecule has 0 aromatic heterocycles. The highest BCUT2D eigenvalue weighted by atomic mass is 35.5. The van der Waals surface area contributed by atoms with Crippen molar-refractivity contribution in [2.24, 2.45) is 0 Å². The van der Waals surface area contributed by atoms with Gasteiger partial charge in [0.05, 0.1) is 28.9 Å². The van der Waals surface area contributed by atoms with Gasteiger partial charge >= 0.3 is 0 Å². The molecule has 2 aromatic rings. The van der Waals surface area contributed by atoms with Crippen LogP contribution in [0.25, 0.3) is 0 Å². The summed E-state index contributed by atoms with van der Waals surface area (Å²) in [5, 5.41) is 1.51. The Hall–Kier alpha value is -1.46. The van der Waals surface area contributed by atoms with Crippen LogP contribution in [-0.2, 0) is 4.79 Å². The number of amides is 1. The smallest absolute Gasteiger partial charge is 0.246 e. The van der Waals surface area contributed by atoms with Crippen molar-refractivity contribution < 1.29 is 9.53 Å². The summed E-state index contributed by atoms with van der Waals surface area (Å²) in [6.45, 7) is 0.848. The zero-order valence-corrected chi connectivity index (χ0v) is 16.4. The third kappa shape index (κ3) is 2.85. The van der Waals surface area contributed by atoms with Gasteiger partial charge in [-0.1, -0.05) is 40.9 Å². The second-order valence-corrected chi connectivity index (χ2v) is 7.72. The summed E-state index contributed by atoms with van der Waals surface area (Å²) in [7, 11) is 1.59. The summed E-state index contributed by atoms with van der Waals surface area (Å²) >= 11 is 18.5. The molecule has 1 amide bonds. The van der Waals surface area contributed by atoms with Gasteiger partial charge in [0, 0.05) is 11.6 Å². The van der Waals surface area contributed by atoms with Crippen molar-refractivity contribution in [1.82, 2.24) is 4.90 Å². The lowest BCUT2D eigenvalue weighted by atomic mass is 10.1. The maximum atomic E-state index is 13.2. The molecule has 2 aliphatic heterocycles. The molecule has 2 aromatic carbocycles. The van der Waals surface area contributed by atoms with E-state index < -0.39 is 0 Å². The average molecular weight is 412 g/mol. The lowest BCUT2D eigenvalue weighted by molar-refractivity contribution is -0.119. The van der Waals surface area contributed by atoms with Crippen LogP contribution in [0.15, 0.2) is 36.4 Å². The van der Waals surface area contributed by atoms with Crippen molar-refractivity contribution in [3.63, 3.8) is 0 Å². The summed E-state index contributed by atoms with van der Waals surface area (Å²) < 4.78 is 5.49. The fraction of sp³-hybridized carbons (Fsp3) is 0.316. The molecular formula is C19H17Cl3N2O2. The number of hydrogen-bond acceptors (Lipinski definition) is 3. The molecular weight excluding hydrogens is 395 g/mol. The molecule has 2 heterocycles. The molecule has 4 nitrogen and oxygen atoms in total. The second-order valence-electron chi connectivity index (χ2n) is 6.47. The van der Waals surface area contributed by atoms with Gasteiger partial charge in [-0.3, -0.25) is 14.6 Å². The number of carbonyl (C=O) groups excluding carboxylic acids is 1. The van der Waals surface area contributed by atoms with Gasteiger partial charge in [-0.05, 0) is 48.7 Å². The molecule has 26 heavy (non-hydrogen) atoms. The fourth-order valence-electron chi connectivity index (χ4n) is 3.89. The Morgan fingerprint density at radius 3 is 2.62 bits per heavy atom. The van der Waals surface area contributed by atoms with Crippen LogP contribution in [0.1, 0.15) is 24.6 Å². The number of rotatable bonds is 3. The van der Waals surface area contributed by atoms with E-state index in [1.54, 1.807) is 36.3 Å². The van der Waals surface area contributed by atoms with Crippen molar-refractivity contribution >= 4 is 46.4 Å². The minimum absolute atomic E-state index is 0.0548. The van der Waals surface area contributed by atoms with Gasteiger partial charge in [-0.25, -0.2) is 0 Å². The highest BCUT2D eigenvalue weighted by molar-refractivity contribution is 6.42. The second kappa shape index (κ2) is 6.93. The first kappa shape index (κ1) is 17.9. The van der Waals surface area contributed by atoms with Crippen LogP contribution in [0.4, 0.5) is 5.69 Å². The summed E-state index contributed by atoms with van der Waals surface area (Å²) in [4.78, 5) is 17.2. The Labute approximate surface area is 167 Å². The molecule has 0 N–H and O–H groups in total. The van der Waals surface area contributed by atoms with Crippen molar-refractivity contribution in [2.45, 2.75) is 25.0 Å². The number of ether oxygens (including phenoxy) is 1. The highest BCUT2D eigenvalue weighted by Crippen LogP contribution is 2.46. The molecule has 0 saturated carbocycles. The molecule has 0 bridgehead atoms. The average Bonchev–Trinajstić information content (AvgIpc) is 3.19. The van der Waals surface area contributed by atoms with E-state index in [9.17, 15) is 4.79 Å². The lowest BCUT2D eigenvalue weighted by Gasteiger charge is -2.31. The highest BCUT2D eigenvalue weighted by Gasteiger charge is 2.50. The zero-order chi connectivity index (χ0) is 18.4. The molecule has 2 unspecified atom stereocenters. The molecule has 2 fully saturated rings. The molecule has 2 saturated heterocycles. The van der Waals surface area contributed by atoms with Crippen molar-refractivity contribution in [2.75, 3.05) is 18.6 Å². The van der Waals surface area contributed by atoms with Gasteiger partial charge in [0.2, 0.25) is 5.91 Å². The summed E-state index contributed by atoms with van der Waals surface area (Å²) in [6.07, 6.45) is 1.57. The monoisotopic (exact) mass is 410 g/mol. The Bertz CT molecular complexity index is 874. The molecule has 0 aliphatic carbocycles. The van der Waals surface area contributed by atoms with Crippen LogP contribution in [0.2, 0.25) is 15.1 Å². The van der Waals surface area contributed by atoms with Crippen LogP contribution in [0.5, 0.6) is 5.75 Å². The van der Waals surface area contributed by atoms with Crippen LogP contribution in [0, 0.1) is 0 Å². The van der Waals surface area contributed by atoms with Crippen molar-refractivity contribution in [1.29, 1.82) is 0 Å². The number of anilines is 1. The Morgan fingerprint density at radius 1 is 1.08 bits per heavy atom. The van der Waals surface area contributed by atoms with Crippen molar-refractivity contribution in [3.05, 3.63) is 57.0 Å². The Morgan fingerprint density at radius 2 is 1.88 bits per heavy atom. The number of benzene rings is 2. The first-order valence-electron chi connectivity index (χ1n) is 8.38. The van der Waals surface area contributed by atoms with Crippen LogP contribution < -0.4 is 9.64 Å². The predicted molar refractivity (Wildman–Crippen MR) is 104 cm³/mol.